The standard InChI is InChI=1S/C41H62F4N2O4S/c1-35(2)28(27-10-17-39(26-42,18-11-27)34(48)49)12-15-36(3)31(35)13-16-38(5)32(36)9-8-29-30-7-6-14-40(30,20-19-37(29,38)4)46-33(41(43,44)45)25-47-21-23-52(50,51)24-22-47/h10,12,29-33,46H,6-9,11,13-26H2,1-5H3,(H,48,49)/t29-,30-,31+,32-,33?,36+,37-,38-,39+,40+/m1/s1. The summed E-state index contributed by atoms with van der Waals surface area (Å²) in [6, 6.07) is -1.68. The number of halogens is 4. The lowest BCUT2D eigenvalue weighted by Gasteiger charge is -2.72. The summed E-state index contributed by atoms with van der Waals surface area (Å²) < 4.78 is 82.2. The Kier molecular flexibility index (Phi) is 9.54. The smallest absolute Gasteiger partial charge is 0.405 e. The van der Waals surface area contributed by atoms with Gasteiger partial charge in [0.05, 0.1) is 16.9 Å². The normalized spacial score (nSPS) is 45.0. The van der Waals surface area contributed by atoms with Gasteiger partial charge in [0.2, 0.25) is 0 Å². The highest BCUT2D eigenvalue weighted by Crippen LogP contribution is 2.76. The van der Waals surface area contributed by atoms with Gasteiger partial charge >= 0.3 is 12.1 Å². The molecule has 7 rings (SSSR count). The van der Waals surface area contributed by atoms with E-state index in [0.29, 0.717) is 30.6 Å². The van der Waals surface area contributed by atoms with E-state index in [1.165, 1.54) is 11.1 Å². The van der Waals surface area contributed by atoms with E-state index < -0.39 is 45.7 Å². The number of rotatable bonds is 7. The SMILES string of the molecule is CC1(C)C(C2=CC[C@](CF)(C(=O)O)CC2)=CC[C@]2(C)[C@H]3CC[C@@H]4[C@H]5CCC[C@]5(NC(CN5CCS(=O)(=O)CC5)C(F)(F)F)CC[C@@]4(C)[C@]3(C)CC[C@@H]12. The molecule has 5 fully saturated rings. The van der Waals surface area contributed by atoms with E-state index in [0.717, 1.165) is 64.2 Å². The zero-order chi connectivity index (χ0) is 37.8. The first-order valence-electron chi connectivity index (χ1n) is 20.1. The molecule has 0 radical (unpaired) electrons. The Bertz CT molecular complexity index is 1600. The molecule has 0 aromatic rings. The molecule has 52 heavy (non-hydrogen) atoms. The van der Waals surface area contributed by atoms with Crippen LogP contribution in [0.2, 0.25) is 0 Å². The van der Waals surface area contributed by atoms with Crippen molar-refractivity contribution in [3.63, 3.8) is 0 Å². The summed E-state index contributed by atoms with van der Waals surface area (Å²) in [5.74, 6) is 0.276. The van der Waals surface area contributed by atoms with Gasteiger partial charge < -0.3 is 5.11 Å². The van der Waals surface area contributed by atoms with Crippen LogP contribution in [0.1, 0.15) is 118 Å². The molecule has 6 nitrogen and oxygen atoms in total. The van der Waals surface area contributed by atoms with Crippen LogP contribution in [0.15, 0.2) is 23.3 Å². The number of alkyl halides is 4. The van der Waals surface area contributed by atoms with Crippen molar-refractivity contribution in [2.24, 2.45) is 50.7 Å². The van der Waals surface area contributed by atoms with Crippen LogP contribution in [0.25, 0.3) is 0 Å². The molecule has 4 saturated carbocycles. The molecule has 0 aromatic heterocycles. The summed E-state index contributed by atoms with van der Waals surface area (Å²) in [5, 5.41) is 13.1. The molecule has 294 valence electrons. The Labute approximate surface area is 308 Å². The second-order valence-electron chi connectivity index (χ2n) is 19.7. The number of fused-ring (bicyclic) bond motifs is 7. The number of nitrogens with zero attached hydrogens (tertiary/aromatic N) is 1. The van der Waals surface area contributed by atoms with Crippen LogP contribution in [0.3, 0.4) is 0 Å². The lowest BCUT2D eigenvalue weighted by atomic mass is 9.33. The van der Waals surface area contributed by atoms with E-state index in [4.69, 9.17) is 0 Å². The van der Waals surface area contributed by atoms with E-state index in [-0.39, 0.29) is 65.1 Å². The van der Waals surface area contributed by atoms with Crippen molar-refractivity contribution >= 4 is 15.8 Å². The molecular weight excluding hydrogens is 693 g/mol. The van der Waals surface area contributed by atoms with E-state index in [9.17, 15) is 35.9 Å². The second kappa shape index (κ2) is 12.8. The molecule has 0 bridgehead atoms. The number of hydrogen-bond donors (Lipinski definition) is 2. The molecule has 1 saturated heterocycles. The Balaban J connectivity index is 1.12. The van der Waals surface area contributed by atoms with Crippen LogP contribution in [0, 0.1) is 50.7 Å². The zero-order valence-corrected chi connectivity index (χ0v) is 32.8. The molecule has 2 N–H and O–H groups in total. The molecule has 10 atom stereocenters. The molecule has 0 spiro atoms. The maximum absolute atomic E-state index is 14.8. The number of carboxylic acids is 1. The van der Waals surface area contributed by atoms with Gasteiger partial charge in [0, 0.05) is 25.2 Å². The van der Waals surface area contributed by atoms with Crippen molar-refractivity contribution in [3.05, 3.63) is 23.3 Å². The summed E-state index contributed by atoms with van der Waals surface area (Å²) in [6.45, 7) is 11.5. The van der Waals surface area contributed by atoms with Crippen molar-refractivity contribution < 1.29 is 35.9 Å². The van der Waals surface area contributed by atoms with Crippen molar-refractivity contribution in [3.8, 4) is 0 Å². The highest BCUT2D eigenvalue weighted by atomic mass is 32.2. The van der Waals surface area contributed by atoms with Gasteiger partial charge in [-0.2, -0.15) is 13.2 Å². The van der Waals surface area contributed by atoms with Crippen LogP contribution < -0.4 is 5.32 Å². The Morgan fingerprint density at radius 1 is 0.904 bits per heavy atom. The predicted octanol–water partition coefficient (Wildman–Crippen LogP) is 8.53. The minimum atomic E-state index is -4.42. The Morgan fingerprint density at radius 3 is 2.23 bits per heavy atom. The van der Waals surface area contributed by atoms with Crippen LogP contribution in [0.4, 0.5) is 17.6 Å². The van der Waals surface area contributed by atoms with Gasteiger partial charge in [0.25, 0.3) is 0 Å². The quantitative estimate of drug-likeness (QED) is 0.254. The van der Waals surface area contributed by atoms with Crippen molar-refractivity contribution in [1.29, 1.82) is 0 Å². The number of carboxylic acid groups (broad SMARTS) is 1. The molecule has 11 heteroatoms. The van der Waals surface area contributed by atoms with E-state index in [2.05, 4.69) is 46.0 Å². The average molecular weight is 755 g/mol. The maximum Gasteiger partial charge on any atom is 0.405 e. The van der Waals surface area contributed by atoms with E-state index in [1.54, 1.807) is 4.90 Å². The molecule has 0 amide bonds. The first-order chi connectivity index (χ1) is 24.2. The summed E-state index contributed by atoms with van der Waals surface area (Å²) >= 11 is 0. The average Bonchev–Trinajstić information content (AvgIpc) is 3.49. The number of aliphatic carboxylic acids is 1. The fraction of sp³-hybridized carbons (Fsp3) is 0.878. The lowest BCUT2D eigenvalue weighted by Crippen LogP contribution is -2.69. The van der Waals surface area contributed by atoms with Gasteiger partial charge in [-0.3, -0.25) is 15.0 Å². The highest BCUT2D eigenvalue weighted by molar-refractivity contribution is 7.91. The number of nitrogens with one attached hydrogen (secondary N) is 1. The topological polar surface area (TPSA) is 86.7 Å². The van der Waals surface area contributed by atoms with Crippen LogP contribution in [-0.2, 0) is 14.6 Å². The molecule has 1 heterocycles. The van der Waals surface area contributed by atoms with Gasteiger partial charge in [-0.25, -0.2) is 12.8 Å². The third-order valence-electron chi connectivity index (χ3n) is 17.3. The largest absolute Gasteiger partial charge is 0.481 e. The molecule has 1 unspecified atom stereocenters. The van der Waals surface area contributed by atoms with Crippen LogP contribution in [-0.4, -0.2) is 80.0 Å². The first kappa shape index (κ1) is 38.8. The Hall–Kier alpha value is -1.46. The number of carbonyl (C=O) groups is 1. The summed E-state index contributed by atoms with van der Waals surface area (Å²) in [4.78, 5) is 13.6. The summed E-state index contributed by atoms with van der Waals surface area (Å²) in [6.07, 6.45) is 10.8. The molecular formula is C41H62F4N2O4S. The van der Waals surface area contributed by atoms with Crippen LogP contribution >= 0.6 is 0 Å². The fourth-order valence-corrected chi connectivity index (χ4v) is 15.5. The Morgan fingerprint density at radius 2 is 1.62 bits per heavy atom. The second-order valence-corrected chi connectivity index (χ2v) is 22.0. The van der Waals surface area contributed by atoms with Crippen molar-refractivity contribution in [2.45, 2.75) is 136 Å². The lowest BCUT2D eigenvalue weighted by molar-refractivity contribution is -0.223. The third kappa shape index (κ3) is 5.88. The van der Waals surface area contributed by atoms with Crippen LogP contribution in [0.5, 0.6) is 0 Å². The van der Waals surface area contributed by atoms with Gasteiger partial charge in [-0.15, -0.1) is 0 Å². The summed E-state index contributed by atoms with van der Waals surface area (Å²) in [7, 11) is -3.18. The molecule has 7 aliphatic rings. The summed E-state index contributed by atoms with van der Waals surface area (Å²) in [5.41, 5.74) is 0.698. The van der Waals surface area contributed by atoms with Gasteiger partial charge in [-0.05, 0) is 134 Å². The predicted molar refractivity (Wildman–Crippen MR) is 195 cm³/mol. The maximum atomic E-state index is 14.8. The van der Waals surface area contributed by atoms with Gasteiger partial charge in [0.1, 0.15) is 12.7 Å². The van der Waals surface area contributed by atoms with Crippen molar-refractivity contribution in [2.75, 3.05) is 37.8 Å². The van der Waals surface area contributed by atoms with Gasteiger partial charge in [-0.1, -0.05) is 53.2 Å². The zero-order valence-electron chi connectivity index (χ0n) is 32.0. The van der Waals surface area contributed by atoms with Crippen molar-refractivity contribution in [1.82, 2.24) is 10.2 Å². The molecule has 0 aromatic carbocycles. The fourth-order valence-electron chi connectivity index (χ4n) is 14.3. The number of hydrogen-bond acceptors (Lipinski definition) is 5. The van der Waals surface area contributed by atoms with Gasteiger partial charge in [0.15, 0.2) is 9.84 Å². The highest BCUT2D eigenvalue weighted by Gasteiger charge is 2.70. The minimum absolute atomic E-state index is 0.0194. The molecule has 6 aliphatic carbocycles. The third-order valence-corrected chi connectivity index (χ3v) is 18.9. The minimum Gasteiger partial charge on any atom is -0.481 e. The van der Waals surface area contributed by atoms with E-state index >= 15 is 0 Å². The number of allylic oxidation sites excluding steroid dienone is 4. The first-order valence-corrected chi connectivity index (χ1v) is 22.0. The number of sulfone groups is 1. The van der Waals surface area contributed by atoms with E-state index in [1.807, 2.05) is 6.08 Å². The monoisotopic (exact) mass is 754 g/mol. The molecule has 1 aliphatic heterocycles.